The zero-order valence-corrected chi connectivity index (χ0v) is 15.4. The normalized spacial score (nSPS) is 11.4. The van der Waals surface area contributed by atoms with Gasteiger partial charge in [0.05, 0.1) is 23.0 Å². The highest BCUT2D eigenvalue weighted by Gasteiger charge is 2.22. The molecule has 1 heterocycles. The van der Waals surface area contributed by atoms with E-state index in [1.807, 2.05) is 6.07 Å². The van der Waals surface area contributed by atoms with Crippen molar-refractivity contribution in [3.63, 3.8) is 0 Å². The van der Waals surface area contributed by atoms with Crippen LogP contribution in [0, 0.1) is 29.9 Å². The molecule has 1 aromatic heterocycles. The van der Waals surface area contributed by atoms with Gasteiger partial charge in [0.1, 0.15) is 16.5 Å². The monoisotopic (exact) mass is 407 g/mol. The Morgan fingerprint density at radius 2 is 1.89 bits per heavy atom. The maximum Gasteiger partial charge on any atom is 0.312 e. The molecule has 10 heteroatoms. The van der Waals surface area contributed by atoms with Gasteiger partial charge in [-0.25, -0.2) is 22.3 Å². The minimum absolute atomic E-state index is 0.0233. The first kappa shape index (κ1) is 18.9. The lowest BCUT2D eigenvalue weighted by atomic mass is 10.1. The van der Waals surface area contributed by atoms with Gasteiger partial charge in [0.2, 0.25) is 10.0 Å². The maximum absolute atomic E-state index is 14.5. The highest BCUT2D eigenvalue weighted by molar-refractivity contribution is 7.89. The minimum Gasteiger partial charge on any atom is -0.267 e. The third-order valence-corrected chi connectivity index (χ3v) is 5.55. The molecule has 0 radical (unpaired) electrons. The van der Waals surface area contributed by atoms with Crippen LogP contribution in [0.25, 0.3) is 16.9 Å². The second kappa shape index (κ2) is 6.70. The molecule has 3 aromatic rings. The molecule has 0 saturated heterocycles. The summed E-state index contributed by atoms with van der Waals surface area (Å²) < 4.78 is 52.5. The molecular weight excluding hydrogens is 396 g/mol. The van der Waals surface area contributed by atoms with Gasteiger partial charge in [-0.1, -0.05) is 17.4 Å². The number of nitrogens with zero attached hydrogens (tertiary/aromatic N) is 2. The molecule has 0 amide bonds. The zero-order valence-electron chi connectivity index (χ0n) is 13.7. The van der Waals surface area contributed by atoms with Gasteiger partial charge in [0.15, 0.2) is 0 Å². The first-order valence-corrected chi connectivity index (χ1v) is 9.80. The van der Waals surface area contributed by atoms with E-state index in [0.29, 0.717) is 28.9 Å². The summed E-state index contributed by atoms with van der Waals surface area (Å²) in [6.07, 6.45) is 0. The van der Waals surface area contributed by atoms with E-state index >= 15 is 0 Å². The summed E-state index contributed by atoms with van der Waals surface area (Å²) in [5, 5.41) is 15.4. The van der Waals surface area contributed by atoms with Crippen molar-refractivity contribution >= 4 is 21.4 Å². The molecule has 0 saturated carbocycles. The fourth-order valence-electron chi connectivity index (χ4n) is 2.55. The van der Waals surface area contributed by atoms with Crippen LogP contribution in [0.3, 0.4) is 0 Å². The van der Waals surface area contributed by atoms with E-state index in [0.717, 1.165) is 15.9 Å². The summed E-state index contributed by atoms with van der Waals surface area (Å²) in [4.78, 5) is 10.8. The lowest BCUT2D eigenvalue weighted by Crippen LogP contribution is -2.15. The Morgan fingerprint density at radius 3 is 2.52 bits per heavy atom. The lowest BCUT2D eigenvalue weighted by Gasteiger charge is -2.11. The summed E-state index contributed by atoms with van der Waals surface area (Å²) in [5.74, 6) is -2.29. The number of sulfonamides is 1. The average molecular weight is 407 g/mol. The smallest absolute Gasteiger partial charge is 0.267 e. The second-order valence-electron chi connectivity index (χ2n) is 5.64. The minimum atomic E-state index is -4.44. The predicted molar refractivity (Wildman–Crippen MR) is 96.1 cm³/mol. The fourth-order valence-corrected chi connectivity index (χ4v) is 3.90. The fraction of sp³-hybridized carbons (Fsp3) is 0.0588. The first-order valence-electron chi connectivity index (χ1n) is 7.37. The number of nitriles is 1. The quantitative estimate of drug-likeness (QED) is 0.720. The van der Waals surface area contributed by atoms with Crippen molar-refractivity contribution in [3.05, 3.63) is 68.1 Å². The standard InChI is InChI=1S/C17H11F2N3O3S2/c1-9-2-3-11(4-10(9)7-20)22-15(8-26-17(22)23)12-5-14(19)16(6-13(12)18)27(21,24)25/h2-6,8H,1H3,(H2,21,24,25). The van der Waals surface area contributed by atoms with Gasteiger partial charge in [-0.15, -0.1) is 0 Å². The van der Waals surface area contributed by atoms with Gasteiger partial charge in [-0.3, -0.25) is 9.36 Å². The van der Waals surface area contributed by atoms with Crippen LogP contribution in [0.5, 0.6) is 0 Å². The third kappa shape index (κ3) is 3.40. The van der Waals surface area contributed by atoms with Crippen LogP contribution in [0.2, 0.25) is 0 Å². The van der Waals surface area contributed by atoms with Gasteiger partial charge in [0.25, 0.3) is 0 Å². The van der Waals surface area contributed by atoms with Crippen LogP contribution in [0.15, 0.2) is 45.4 Å². The highest BCUT2D eigenvalue weighted by atomic mass is 32.2. The van der Waals surface area contributed by atoms with Crippen LogP contribution >= 0.6 is 11.3 Å². The number of hydrogen-bond donors (Lipinski definition) is 1. The molecule has 138 valence electrons. The van der Waals surface area contributed by atoms with Gasteiger partial charge < -0.3 is 0 Å². The first-order chi connectivity index (χ1) is 12.6. The molecular formula is C17H11F2N3O3S2. The summed E-state index contributed by atoms with van der Waals surface area (Å²) in [7, 11) is -4.44. The van der Waals surface area contributed by atoms with Gasteiger partial charge in [0, 0.05) is 10.9 Å². The lowest BCUT2D eigenvalue weighted by molar-refractivity contribution is 0.555. The maximum atomic E-state index is 14.5. The molecule has 0 aliphatic heterocycles. The number of benzene rings is 2. The molecule has 0 fully saturated rings. The molecule has 0 spiro atoms. The Kier molecular flexibility index (Phi) is 4.69. The molecule has 0 aliphatic carbocycles. The summed E-state index contributed by atoms with van der Waals surface area (Å²) in [6, 6.07) is 7.80. The molecule has 0 bridgehead atoms. The van der Waals surface area contributed by atoms with E-state index in [4.69, 9.17) is 5.14 Å². The molecule has 0 atom stereocenters. The SMILES string of the molecule is Cc1ccc(-n2c(-c3cc(F)c(S(N)(=O)=O)cc3F)csc2=O)cc1C#N. The highest BCUT2D eigenvalue weighted by Crippen LogP contribution is 2.29. The van der Waals surface area contributed by atoms with Crippen LogP contribution in [-0.4, -0.2) is 13.0 Å². The van der Waals surface area contributed by atoms with Crippen molar-refractivity contribution in [2.45, 2.75) is 11.8 Å². The Bertz CT molecular complexity index is 1270. The van der Waals surface area contributed by atoms with Crippen molar-refractivity contribution in [2.24, 2.45) is 5.14 Å². The van der Waals surface area contributed by atoms with Crippen LogP contribution < -0.4 is 10.0 Å². The largest absolute Gasteiger partial charge is 0.312 e. The van der Waals surface area contributed by atoms with Crippen LogP contribution in [-0.2, 0) is 10.0 Å². The number of hydrogen-bond acceptors (Lipinski definition) is 5. The van der Waals surface area contributed by atoms with Gasteiger partial charge in [-0.2, -0.15) is 5.26 Å². The van der Waals surface area contributed by atoms with Crippen molar-refractivity contribution in [3.8, 4) is 23.0 Å². The van der Waals surface area contributed by atoms with E-state index < -0.39 is 31.4 Å². The van der Waals surface area contributed by atoms with Gasteiger partial charge in [-0.05, 0) is 36.8 Å². The second-order valence-corrected chi connectivity index (χ2v) is 7.99. The van der Waals surface area contributed by atoms with Crippen LogP contribution in [0.4, 0.5) is 8.78 Å². The predicted octanol–water partition coefficient (Wildman–Crippen LogP) is 2.67. The summed E-state index contributed by atoms with van der Waals surface area (Å²) in [6.45, 7) is 1.72. The van der Waals surface area contributed by atoms with Crippen molar-refractivity contribution < 1.29 is 17.2 Å². The van der Waals surface area contributed by atoms with E-state index in [-0.39, 0.29) is 11.3 Å². The Balaban J connectivity index is 2.27. The summed E-state index contributed by atoms with van der Waals surface area (Å²) in [5.41, 5.74) is 1.04. The van der Waals surface area contributed by atoms with Crippen LogP contribution in [0.1, 0.15) is 11.1 Å². The molecule has 2 N–H and O–H groups in total. The van der Waals surface area contributed by atoms with Crippen molar-refractivity contribution in [1.29, 1.82) is 5.26 Å². The zero-order chi connectivity index (χ0) is 19.9. The average Bonchev–Trinajstić information content (AvgIpc) is 2.97. The Labute approximate surface area is 156 Å². The van der Waals surface area contributed by atoms with E-state index in [2.05, 4.69) is 0 Å². The number of halogens is 2. The Hall–Kier alpha value is -2.87. The van der Waals surface area contributed by atoms with Crippen molar-refractivity contribution in [1.82, 2.24) is 4.57 Å². The number of rotatable bonds is 3. The molecule has 3 rings (SSSR count). The topological polar surface area (TPSA) is 106 Å². The Morgan fingerprint density at radius 1 is 1.19 bits per heavy atom. The van der Waals surface area contributed by atoms with E-state index in [1.165, 1.54) is 11.4 Å². The third-order valence-electron chi connectivity index (χ3n) is 3.90. The molecule has 27 heavy (non-hydrogen) atoms. The number of aryl methyl sites for hydroxylation is 1. The molecule has 0 aliphatic rings. The number of primary sulfonamides is 1. The van der Waals surface area contributed by atoms with E-state index in [1.54, 1.807) is 19.1 Å². The number of aromatic nitrogens is 1. The molecule has 2 aromatic carbocycles. The van der Waals surface area contributed by atoms with Crippen molar-refractivity contribution in [2.75, 3.05) is 0 Å². The van der Waals surface area contributed by atoms with E-state index in [9.17, 15) is 27.3 Å². The van der Waals surface area contributed by atoms with Gasteiger partial charge >= 0.3 is 4.87 Å². The molecule has 0 unspecified atom stereocenters. The number of nitrogens with two attached hydrogens (primary N) is 1. The summed E-state index contributed by atoms with van der Waals surface area (Å²) >= 11 is 0.755. The number of thiazole rings is 1. The molecule has 6 nitrogen and oxygen atoms in total.